The number of aromatic nitrogens is 1. The second-order valence-corrected chi connectivity index (χ2v) is 5.77. The van der Waals surface area contributed by atoms with Gasteiger partial charge in [-0.2, -0.15) is 4.37 Å². The number of carboxylic acids is 1. The fourth-order valence-corrected chi connectivity index (χ4v) is 2.64. The van der Waals surface area contributed by atoms with Gasteiger partial charge in [-0.15, -0.1) is 0 Å². The van der Waals surface area contributed by atoms with E-state index in [2.05, 4.69) is 13.8 Å². The van der Waals surface area contributed by atoms with Crippen molar-refractivity contribution >= 4 is 33.5 Å². The molecule has 1 N–H and O–H groups in total. The van der Waals surface area contributed by atoms with Crippen molar-refractivity contribution in [2.75, 3.05) is 13.4 Å². The van der Waals surface area contributed by atoms with E-state index in [4.69, 9.17) is 5.11 Å². The molecule has 0 aliphatic carbocycles. The normalized spacial score (nSPS) is 10.9. The van der Waals surface area contributed by atoms with Gasteiger partial charge < -0.3 is 14.6 Å². The minimum atomic E-state index is -3.76. The van der Waals surface area contributed by atoms with E-state index < -0.39 is 37.6 Å². The molecule has 94 valence electrons. The third-order valence-corrected chi connectivity index (χ3v) is 4.16. The zero-order chi connectivity index (χ0) is 13.2. The predicted molar refractivity (Wildman–Crippen MR) is 55.2 cm³/mol. The molecule has 10 heteroatoms. The Kier molecular flexibility index (Phi) is 3.68. The second-order valence-electron chi connectivity index (χ2n) is 2.78. The molecule has 17 heavy (non-hydrogen) atoms. The van der Waals surface area contributed by atoms with Crippen molar-refractivity contribution in [1.82, 2.24) is 4.37 Å². The summed E-state index contributed by atoms with van der Waals surface area (Å²) in [6.07, 6.45) is -0.354. The number of methoxy groups -OCH3 is 1. The van der Waals surface area contributed by atoms with Gasteiger partial charge in [-0.1, -0.05) is 0 Å². The maximum Gasteiger partial charge on any atom is 0.514 e. The Morgan fingerprint density at radius 3 is 2.41 bits per heavy atom. The number of sulfone groups is 1. The number of carbonyl (C=O) groups is 2. The number of carbonyl (C=O) groups excluding carboxylic acids is 1. The van der Waals surface area contributed by atoms with Crippen LogP contribution in [0.4, 0.5) is 4.79 Å². The van der Waals surface area contributed by atoms with Gasteiger partial charge >= 0.3 is 12.1 Å². The van der Waals surface area contributed by atoms with Crippen LogP contribution in [-0.4, -0.2) is 43.4 Å². The lowest BCUT2D eigenvalue weighted by Gasteiger charge is -2.00. The van der Waals surface area contributed by atoms with Gasteiger partial charge in [-0.3, -0.25) is 0 Å². The van der Waals surface area contributed by atoms with Crippen molar-refractivity contribution < 1.29 is 32.6 Å². The van der Waals surface area contributed by atoms with Crippen LogP contribution in [0.1, 0.15) is 10.4 Å². The molecule has 0 atom stereocenters. The van der Waals surface area contributed by atoms with E-state index in [0.29, 0.717) is 11.5 Å². The van der Waals surface area contributed by atoms with Crippen molar-refractivity contribution in [3.63, 3.8) is 0 Å². The van der Waals surface area contributed by atoms with Crippen LogP contribution >= 0.6 is 11.5 Å². The van der Waals surface area contributed by atoms with E-state index >= 15 is 0 Å². The zero-order valence-corrected chi connectivity index (χ0v) is 10.3. The molecule has 8 nitrogen and oxygen atoms in total. The molecule has 0 saturated heterocycles. The Labute approximate surface area is 99.9 Å². The highest BCUT2D eigenvalue weighted by Crippen LogP contribution is 2.29. The minimum absolute atomic E-state index is 0.412. The van der Waals surface area contributed by atoms with Crippen LogP contribution in [0, 0.1) is 0 Å². The lowest BCUT2D eigenvalue weighted by atomic mass is 10.4. The molecule has 0 radical (unpaired) electrons. The molecule has 0 spiro atoms. The summed E-state index contributed by atoms with van der Waals surface area (Å²) in [6, 6.07) is 0. The average molecular weight is 281 g/mol. The van der Waals surface area contributed by atoms with Gasteiger partial charge in [0.1, 0.15) is 0 Å². The van der Waals surface area contributed by atoms with Crippen LogP contribution in [0.15, 0.2) is 4.21 Å². The molecule has 1 aromatic heterocycles. The third-order valence-electron chi connectivity index (χ3n) is 1.53. The largest absolute Gasteiger partial charge is 0.514 e. The van der Waals surface area contributed by atoms with Gasteiger partial charge in [0, 0.05) is 6.26 Å². The fourth-order valence-electron chi connectivity index (χ4n) is 0.884. The first-order chi connectivity index (χ1) is 7.77. The first-order valence-corrected chi connectivity index (χ1v) is 6.62. The van der Waals surface area contributed by atoms with Crippen LogP contribution in [0.5, 0.6) is 5.88 Å². The standard InChI is InChI=1S/C7H7NO7S2/c1-14-7(11)15-4-3(5(9)10)6(16-8-4)17(2,12)13/h1-2H3,(H,9,10). The first kappa shape index (κ1) is 13.4. The van der Waals surface area contributed by atoms with Gasteiger partial charge in [0.05, 0.1) is 7.11 Å². The number of carboxylic acid groups (broad SMARTS) is 1. The Balaban J connectivity index is 3.31. The molecular weight excluding hydrogens is 274 g/mol. The molecule has 0 unspecified atom stereocenters. The summed E-state index contributed by atoms with van der Waals surface area (Å²) in [5, 5.41) is 8.85. The van der Waals surface area contributed by atoms with E-state index in [1.165, 1.54) is 0 Å². The molecule has 0 saturated carbocycles. The molecule has 0 aliphatic heterocycles. The van der Waals surface area contributed by atoms with Crippen LogP contribution in [0.2, 0.25) is 0 Å². The van der Waals surface area contributed by atoms with E-state index in [1.54, 1.807) is 0 Å². The van der Waals surface area contributed by atoms with Crippen LogP contribution in [0.25, 0.3) is 0 Å². The summed E-state index contributed by atoms with van der Waals surface area (Å²) in [5.41, 5.74) is -0.678. The van der Waals surface area contributed by atoms with E-state index in [0.717, 1.165) is 13.4 Å². The summed E-state index contributed by atoms with van der Waals surface area (Å²) < 4.78 is 34.1. The van der Waals surface area contributed by atoms with Crippen LogP contribution in [-0.2, 0) is 14.6 Å². The quantitative estimate of drug-likeness (QED) is 0.790. The van der Waals surface area contributed by atoms with E-state index in [-0.39, 0.29) is 0 Å². The molecule has 1 rings (SSSR count). The van der Waals surface area contributed by atoms with Crippen molar-refractivity contribution in [2.24, 2.45) is 0 Å². The molecule has 0 fully saturated rings. The zero-order valence-electron chi connectivity index (χ0n) is 8.66. The summed E-state index contributed by atoms with van der Waals surface area (Å²) in [7, 11) is -2.74. The lowest BCUT2D eigenvalue weighted by molar-refractivity contribution is 0.0688. The summed E-state index contributed by atoms with van der Waals surface area (Å²) in [4.78, 5) is 21.7. The molecule has 0 bridgehead atoms. The van der Waals surface area contributed by atoms with Crippen molar-refractivity contribution in [1.29, 1.82) is 0 Å². The summed E-state index contributed by atoms with van der Waals surface area (Å²) in [5.74, 6) is -2.16. The Bertz CT molecular complexity index is 559. The Morgan fingerprint density at radius 2 is 2.00 bits per heavy atom. The monoisotopic (exact) mass is 281 g/mol. The predicted octanol–water partition coefficient (Wildman–Crippen LogP) is 0.390. The maximum atomic E-state index is 11.3. The molecule has 1 heterocycles. The SMILES string of the molecule is COC(=O)Oc1nsc(S(C)(=O)=O)c1C(=O)O. The summed E-state index contributed by atoms with van der Waals surface area (Å²) >= 11 is 0.412. The number of ether oxygens (including phenoxy) is 2. The van der Waals surface area contributed by atoms with Crippen molar-refractivity contribution in [2.45, 2.75) is 4.21 Å². The second kappa shape index (κ2) is 4.67. The number of aromatic carboxylic acids is 1. The smallest absolute Gasteiger partial charge is 0.477 e. The van der Waals surface area contributed by atoms with E-state index in [1.807, 2.05) is 0 Å². The van der Waals surface area contributed by atoms with Crippen LogP contribution in [0.3, 0.4) is 0 Å². The van der Waals surface area contributed by atoms with Gasteiger partial charge in [0.25, 0.3) is 5.88 Å². The van der Waals surface area contributed by atoms with Crippen molar-refractivity contribution in [3.05, 3.63) is 5.56 Å². The molecule has 0 aromatic carbocycles. The third kappa shape index (κ3) is 2.91. The van der Waals surface area contributed by atoms with Crippen molar-refractivity contribution in [3.8, 4) is 5.88 Å². The topological polar surface area (TPSA) is 120 Å². The highest BCUT2D eigenvalue weighted by Gasteiger charge is 2.29. The fraction of sp³-hybridized carbons (Fsp3) is 0.286. The molecule has 0 amide bonds. The minimum Gasteiger partial charge on any atom is -0.477 e. The average Bonchev–Trinajstić information content (AvgIpc) is 2.60. The molecule has 1 aromatic rings. The number of hydrogen-bond acceptors (Lipinski definition) is 8. The Hall–Kier alpha value is -1.68. The highest BCUT2D eigenvalue weighted by atomic mass is 32.2. The maximum absolute atomic E-state index is 11.3. The highest BCUT2D eigenvalue weighted by molar-refractivity contribution is 7.92. The van der Waals surface area contributed by atoms with Crippen LogP contribution < -0.4 is 4.74 Å². The number of hydrogen-bond donors (Lipinski definition) is 1. The van der Waals surface area contributed by atoms with E-state index in [9.17, 15) is 18.0 Å². The summed E-state index contributed by atoms with van der Waals surface area (Å²) in [6.45, 7) is 0. The van der Waals surface area contributed by atoms with Gasteiger partial charge in [0.2, 0.25) is 0 Å². The van der Waals surface area contributed by atoms with Gasteiger partial charge in [-0.25, -0.2) is 18.0 Å². The first-order valence-electron chi connectivity index (χ1n) is 3.96. The van der Waals surface area contributed by atoms with Gasteiger partial charge in [-0.05, 0) is 11.5 Å². The number of nitrogens with zero attached hydrogens (tertiary/aromatic N) is 1. The van der Waals surface area contributed by atoms with Gasteiger partial charge in [0.15, 0.2) is 19.6 Å². The molecule has 0 aliphatic rings. The Morgan fingerprint density at radius 1 is 1.41 bits per heavy atom. The lowest BCUT2D eigenvalue weighted by Crippen LogP contribution is -2.11. The number of rotatable bonds is 3. The molecular formula is C7H7NO7S2.